The van der Waals surface area contributed by atoms with Crippen molar-refractivity contribution in [1.82, 2.24) is 0 Å². The molecule has 0 aromatic heterocycles. The third-order valence-electron chi connectivity index (χ3n) is 2.54. The molecule has 0 unspecified atom stereocenters. The van der Waals surface area contributed by atoms with E-state index in [0.717, 1.165) is 21.5 Å². The van der Waals surface area contributed by atoms with Crippen LogP contribution >= 0.6 is 15.9 Å². The van der Waals surface area contributed by atoms with E-state index in [1.807, 2.05) is 19.1 Å². The molecule has 96 valence electrons. The molecule has 4 nitrogen and oxygen atoms in total. The first-order valence-electron chi connectivity index (χ1n) is 5.25. The van der Waals surface area contributed by atoms with Crippen LogP contribution in [-0.2, 0) is 4.74 Å². The molecule has 2 N–H and O–H groups in total. The fourth-order valence-electron chi connectivity index (χ4n) is 1.73. The molecule has 0 aliphatic carbocycles. The van der Waals surface area contributed by atoms with E-state index < -0.39 is 0 Å². The predicted molar refractivity (Wildman–Crippen MR) is 70.6 cm³/mol. The molecule has 0 bridgehead atoms. The molecule has 0 spiro atoms. The van der Waals surface area contributed by atoms with Crippen LogP contribution in [0, 0.1) is 0 Å². The lowest BCUT2D eigenvalue weighted by Gasteiger charge is -2.22. The molecular weight excluding hydrogens is 286 g/mol. The van der Waals surface area contributed by atoms with Gasteiger partial charge in [0.15, 0.2) is 0 Å². The van der Waals surface area contributed by atoms with Gasteiger partial charge in [0, 0.05) is 18.7 Å². The summed E-state index contributed by atoms with van der Waals surface area (Å²) < 4.78 is 16.8. The topological polar surface area (TPSA) is 53.7 Å². The Kier molecular flexibility index (Phi) is 5.24. The second-order valence-corrected chi connectivity index (χ2v) is 4.60. The molecule has 5 heteroatoms. The van der Waals surface area contributed by atoms with Crippen molar-refractivity contribution in [3.63, 3.8) is 0 Å². The average Bonchev–Trinajstić information content (AvgIpc) is 2.30. The largest absolute Gasteiger partial charge is 0.496 e. The normalized spacial score (nSPS) is 14.2. The van der Waals surface area contributed by atoms with Crippen molar-refractivity contribution in [3.8, 4) is 11.5 Å². The lowest BCUT2D eigenvalue weighted by Crippen LogP contribution is -2.26. The summed E-state index contributed by atoms with van der Waals surface area (Å²) >= 11 is 3.41. The second-order valence-electron chi connectivity index (χ2n) is 3.74. The molecule has 0 amide bonds. The van der Waals surface area contributed by atoms with Crippen LogP contribution in [0.25, 0.3) is 0 Å². The monoisotopic (exact) mass is 303 g/mol. The molecule has 0 radical (unpaired) electrons. The van der Waals surface area contributed by atoms with Gasteiger partial charge in [-0.1, -0.05) is 0 Å². The van der Waals surface area contributed by atoms with E-state index in [-0.39, 0.29) is 12.1 Å². The Morgan fingerprint density at radius 3 is 2.12 bits per heavy atom. The Labute approximate surface area is 110 Å². The smallest absolute Gasteiger partial charge is 0.133 e. The van der Waals surface area contributed by atoms with Crippen LogP contribution in [0.15, 0.2) is 16.6 Å². The van der Waals surface area contributed by atoms with E-state index in [9.17, 15) is 0 Å². The minimum absolute atomic E-state index is 0.139. The fourth-order valence-corrected chi connectivity index (χ4v) is 2.22. The number of rotatable bonds is 5. The van der Waals surface area contributed by atoms with E-state index in [1.165, 1.54) is 0 Å². The lowest BCUT2D eigenvalue weighted by atomic mass is 10.0. The van der Waals surface area contributed by atoms with Gasteiger partial charge in [-0.05, 0) is 35.0 Å². The minimum Gasteiger partial charge on any atom is -0.496 e. The highest BCUT2D eigenvalue weighted by molar-refractivity contribution is 9.10. The SMILES string of the molecule is COc1cc([C@H](OC)[C@H](C)N)c(OC)cc1Br. The maximum Gasteiger partial charge on any atom is 0.133 e. The van der Waals surface area contributed by atoms with Crippen LogP contribution < -0.4 is 15.2 Å². The molecule has 0 saturated carbocycles. The first kappa shape index (κ1) is 14.3. The van der Waals surface area contributed by atoms with Crippen LogP contribution in [0.1, 0.15) is 18.6 Å². The van der Waals surface area contributed by atoms with Crippen LogP contribution in [0.2, 0.25) is 0 Å². The highest BCUT2D eigenvalue weighted by Gasteiger charge is 2.21. The summed E-state index contributed by atoms with van der Waals surface area (Å²) in [6, 6.07) is 3.59. The van der Waals surface area contributed by atoms with Crippen molar-refractivity contribution >= 4 is 15.9 Å². The van der Waals surface area contributed by atoms with Crippen LogP contribution in [0.4, 0.5) is 0 Å². The van der Waals surface area contributed by atoms with Gasteiger partial charge in [-0.15, -0.1) is 0 Å². The molecule has 1 rings (SSSR count). The standard InChI is InChI=1S/C12H18BrNO3/c1-7(14)12(17-4)8-5-11(16-3)9(13)6-10(8)15-2/h5-7,12H,14H2,1-4H3/t7-,12+/m0/s1. The van der Waals surface area contributed by atoms with E-state index in [0.29, 0.717) is 0 Å². The lowest BCUT2D eigenvalue weighted by molar-refractivity contribution is 0.0828. The first-order chi connectivity index (χ1) is 8.04. The summed E-state index contributed by atoms with van der Waals surface area (Å²) in [7, 11) is 4.86. The number of ether oxygens (including phenoxy) is 3. The van der Waals surface area contributed by atoms with Crippen molar-refractivity contribution < 1.29 is 14.2 Å². The predicted octanol–water partition coefficient (Wildman–Crippen LogP) is 2.50. The molecule has 0 fully saturated rings. The van der Waals surface area contributed by atoms with Gasteiger partial charge in [0.05, 0.1) is 18.7 Å². The zero-order valence-corrected chi connectivity index (χ0v) is 12.1. The summed E-state index contributed by atoms with van der Waals surface area (Å²) in [4.78, 5) is 0. The number of hydrogen-bond donors (Lipinski definition) is 1. The van der Waals surface area contributed by atoms with E-state index in [4.69, 9.17) is 19.9 Å². The Morgan fingerprint density at radius 1 is 1.12 bits per heavy atom. The summed E-state index contributed by atoms with van der Waals surface area (Å²) in [6.07, 6.45) is -0.230. The minimum atomic E-state index is -0.230. The number of hydrogen-bond acceptors (Lipinski definition) is 4. The molecule has 1 aromatic carbocycles. The first-order valence-corrected chi connectivity index (χ1v) is 6.04. The summed E-state index contributed by atoms with van der Waals surface area (Å²) in [5.41, 5.74) is 6.78. The number of halogens is 1. The van der Waals surface area contributed by atoms with Crippen molar-refractivity contribution in [2.24, 2.45) is 5.73 Å². The number of methoxy groups -OCH3 is 3. The fraction of sp³-hybridized carbons (Fsp3) is 0.500. The average molecular weight is 304 g/mol. The van der Waals surface area contributed by atoms with Gasteiger partial charge in [-0.25, -0.2) is 0 Å². The highest BCUT2D eigenvalue weighted by Crippen LogP contribution is 2.37. The van der Waals surface area contributed by atoms with Crippen LogP contribution in [-0.4, -0.2) is 27.4 Å². The summed E-state index contributed by atoms with van der Waals surface area (Å²) in [5.74, 6) is 1.45. The van der Waals surface area contributed by atoms with Crippen molar-refractivity contribution in [2.75, 3.05) is 21.3 Å². The molecule has 0 aliphatic heterocycles. The zero-order chi connectivity index (χ0) is 13.0. The number of benzene rings is 1. The van der Waals surface area contributed by atoms with Crippen LogP contribution in [0.3, 0.4) is 0 Å². The van der Waals surface area contributed by atoms with Gasteiger partial charge in [-0.3, -0.25) is 0 Å². The molecule has 2 atom stereocenters. The summed E-state index contributed by atoms with van der Waals surface area (Å²) in [5, 5.41) is 0. The number of nitrogens with two attached hydrogens (primary N) is 1. The third kappa shape index (κ3) is 3.12. The molecule has 0 aliphatic rings. The Balaban J connectivity index is 3.28. The molecular formula is C12H18BrNO3. The molecule has 17 heavy (non-hydrogen) atoms. The molecule has 0 saturated heterocycles. The Morgan fingerprint density at radius 2 is 1.71 bits per heavy atom. The summed E-state index contributed by atoms with van der Waals surface area (Å²) in [6.45, 7) is 1.89. The van der Waals surface area contributed by atoms with E-state index >= 15 is 0 Å². The van der Waals surface area contributed by atoms with E-state index in [2.05, 4.69) is 15.9 Å². The maximum atomic E-state index is 5.90. The van der Waals surface area contributed by atoms with Gasteiger partial charge in [0.2, 0.25) is 0 Å². The van der Waals surface area contributed by atoms with Crippen molar-refractivity contribution in [1.29, 1.82) is 0 Å². The van der Waals surface area contributed by atoms with E-state index in [1.54, 1.807) is 21.3 Å². The quantitative estimate of drug-likeness (QED) is 0.908. The van der Waals surface area contributed by atoms with Gasteiger partial charge in [0.25, 0.3) is 0 Å². The van der Waals surface area contributed by atoms with Crippen molar-refractivity contribution in [2.45, 2.75) is 19.1 Å². The maximum absolute atomic E-state index is 5.90. The van der Waals surface area contributed by atoms with Gasteiger partial charge in [0.1, 0.15) is 17.6 Å². The van der Waals surface area contributed by atoms with Gasteiger partial charge in [-0.2, -0.15) is 0 Å². The zero-order valence-electron chi connectivity index (χ0n) is 10.5. The van der Waals surface area contributed by atoms with Crippen LogP contribution in [0.5, 0.6) is 11.5 Å². The molecule has 1 aromatic rings. The van der Waals surface area contributed by atoms with Gasteiger partial charge < -0.3 is 19.9 Å². The van der Waals surface area contributed by atoms with Crippen molar-refractivity contribution in [3.05, 3.63) is 22.2 Å². The Bertz CT molecular complexity index is 382. The highest BCUT2D eigenvalue weighted by atomic mass is 79.9. The molecule has 0 heterocycles. The third-order valence-corrected chi connectivity index (χ3v) is 3.16. The van der Waals surface area contributed by atoms with Gasteiger partial charge >= 0.3 is 0 Å². The second kappa shape index (κ2) is 6.23. The Hall–Kier alpha value is -0.780.